The Kier molecular flexibility index (Phi) is 9.84. The van der Waals surface area contributed by atoms with Gasteiger partial charge in [-0.2, -0.15) is 0 Å². The molecule has 210 valence electrons. The lowest BCUT2D eigenvalue weighted by Crippen LogP contribution is -2.42. The van der Waals surface area contributed by atoms with Crippen molar-refractivity contribution < 1.29 is 14.6 Å². The molecular formula is C33H45N3O3. The Morgan fingerprint density at radius 2 is 1.79 bits per heavy atom. The number of aliphatic hydroxyl groups is 1. The summed E-state index contributed by atoms with van der Waals surface area (Å²) in [6, 6.07) is 8.24. The van der Waals surface area contributed by atoms with Crippen LogP contribution in [0.1, 0.15) is 65.2 Å². The van der Waals surface area contributed by atoms with Gasteiger partial charge in [0.1, 0.15) is 5.76 Å². The Bertz CT molecular complexity index is 1190. The smallest absolute Gasteiger partial charge is 0.230 e. The zero-order chi connectivity index (χ0) is 27.9. The maximum Gasteiger partial charge on any atom is 0.230 e. The minimum atomic E-state index is -0.274. The van der Waals surface area contributed by atoms with E-state index >= 15 is 0 Å². The summed E-state index contributed by atoms with van der Waals surface area (Å²) in [5.41, 5.74) is 5.17. The molecule has 4 rings (SSSR count). The highest BCUT2D eigenvalue weighted by Gasteiger charge is 2.32. The third-order valence-corrected chi connectivity index (χ3v) is 8.44. The third kappa shape index (κ3) is 7.51. The number of aromatic nitrogens is 2. The first-order valence-corrected chi connectivity index (χ1v) is 14.4. The van der Waals surface area contributed by atoms with Crippen LogP contribution in [0.5, 0.6) is 0 Å². The molecule has 2 aliphatic rings. The van der Waals surface area contributed by atoms with Crippen LogP contribution in [0.3, 0.4) is 0 Å². The monoisotopic (exact) mass is 531 g/mol. The van der Waals surface area contributed by atoms with Crippen molar-refractivity contribution in [3.63, 3.8) is 0 Å². The van der Waals surface area contributed by atoms with E-state index in [-0.39, 0.29) is 17.9 Å². The first kappa shape index (κ1) is 28.9. The lowest BCUT2D eigenvalue weighted by molar-refractivity contribution is -0.124. The maximum atomic E-state index is 13.9. The summed E-state index contributed by atoms with van der Waals surface area (Å²) in [6.07, 6.45) is 14.9. The third-order valence-electron chi connectivity index (χ3n) is 8.44. The summed E-state index contributed by atoms with van der Waals surface area (Å²) in [5, 5.41) is 10.0. The standard InChI is InChI=1S/C33H45N3O3/c1-23(2)32(39-5)18-9-24(3)26-12-10-25(11-13-26)20-36(33(38)27-14-16-30(37)17-15-27)29-8-6-7-28(19-29)31-21-35(4)22-34-31/h6-9,18-19,21-22,25-27,30,37H,3,10-17,20H2,1-2,4-5H3/b18-9-/t25-,26-,27-,30-. The molecule has 1 aromatic heterocycles. The van der Waals surface area contributed by atoms with E-state index in [0.717, 1.165) is 78.9 Å². The second kappa shape index (κ2) is 13.3. The van der Waals surface area contributed by atoms with Crippen molar-refractivity contribution in [3.8, 4) is 11.3 Å². The topological polar surface area (TPSA) is 67.6 Å². The fourth-order valence-electron chi connectivity index (χ4n) is 5.99. The van der Waals surface area contributed by atoms with E-state index in [1.807, 2.05) is 48.7 Å². The van der Waals surface area contributed by atoms with Gasteiger partial charge in [-0.3, -0.25) is 4.79 Å². The number of nitrogens with zero attached hydrogens (tertiary/aromatic N) is 3. The molecule has 0 atom stereocenters. The van der Waals surface area contributed by atoms with Gasteiger partial charge in [-0.25, -0.2) is 4.98 Å². The van der Waals surface area contributed by atoms with Gasteiger partial charge in [0.25, 0.3) is 0 Å². The second-order valence-electron chi connectivity index (χ2n) is 11.6. The van der Waals surface area contributed by atoms with Gasteiger partial charge in [0.05, 0.1) is 25.2 Å². The van der Waals surface area contributed by atoms with E-state index in [4.69, 9.17) is 4.74 Å². The number of benzene rings is 1. The number of allylic oxidation sites excluding steroid dienone is 4. The van der Waals surface area contributed by atoms with Crippen LogP contribution in [0.15, 0.2) is 72.4 Å². The molecule has 6 heteroatoms. The van der Waals surface area contributed by atoms with Crippen LogP contribution in [-0.2, 0) is 16.6 Å². The minimum absolute atomic E-state index is 0.0294. The van der Waals surface area contributed by atoms with Crippen LogP contribution in [0.4, 0.5) is 5.69 Å². The summed E-state index contributed by atoms with van der Waals surface area (Å²) in [5.74, 6) is 1.97. The molecule has 0 radical (unpaired) electrons. The normalized spacial score (nSPS) is 23.4. The Morgan fingerprint density at radius 1 is 1.10 bits per heavy atom. The largest absolute Gasteiger partial charge is 0.497 e. The van der Waals surface area contributed by atoms with Crippen molar-refractivity contribution in [2.24, 2.45) is 24.8 Å². The zero-order valence-electron chi connectivity index (χ0n) is 24.1. The summed E-state index contributed by atoms with van der Waals surface area (Å²) in [7, 11) is 3.67. The molecule has 2 aromatic rings. The van der Waals surface area contributed by atoms with Crippen LogP contribution in [0.25, 0.3) is 11.3 Å². The number of hydrogen-bond acceptors (Lipinski definition) is 4. The zero-order valence-corrected chi connectivity index (χ0v) is 24.1. The Morgan fingerprint density at radius 3 is 2.41 bits per heavy atom. The average molecular weight is 532 g/mol. The first-order valence-electron chi connectivity index (χ1n) is 14.4. The van der Waals surface area contributed by atoms with Gasteiger partial charge in [0.2, 0.25) is 5.91 Å². The number of imidazole rings is 1. The van der Waals surface area contributed by atoms with Crippen LogP contribution in [-0.4, -0.2) is 40.3 Å². The molecule has 0 unspecified atom stereocenters. The molecule has 2 saturated carbocycles. The quantitative estimate of drug-likeness (QED) is 0.284. The number of amides is 1. The predicted molar refractivity (Wildman–Crippen MR) is 158 cm³/mol. The number of hydrogen-bond donors (Lipinski definition) is 1. The molecule has 39 heavy (non-hydrogen) atoms. The first-order chi connectivity index (χ1) is 18.7. The fraction of sp³-hybridized carbons (Fsp3) is 0.515. The van der Waals surface area contributed by atoms with Crippen LogP contribution < -0.4 is 4.90 Å². The molecule has 1 amide bonds. The van der Waals surface area contributed by atoms with E-state index in [9.17, 15) is 9.90 Å². The number of ether oxygens (including phenoxy) is 1. The number of aryl methyl sites for hydroxylation is 1. The van der Waals surface area contributed by atoms with Crippen LogP contribution in [0.2, 0.25) is 0 Å². The molecule has 2 fully saturated rings. The van der Waals surface area contributed by atoms with Gasteiger partial charge in [0, 0.05) is 37.0 Å². The number of rotatable bonds is 9. The SMILES string of the molecule is C=C(/C=C\C(OC)=C(C)C)[C@H]1CC[C@H](CN(c2cccc(-c3cn(C)cn3)c2)C(=O)[C@H]2CC[C@H](O)CC2)CC1. The highest BCUT2D eigenvalue weighted by Crippen LogP contribution is 2.36. The Labute approximate surface area is 234 Å². The summed E-state index contributed by atoms with van der Waals surface area (Å²) >= 11 is 0. The van der Waals surface area contributed by atoms with Gasteiger partial charge in [-0.15, -0.1) is 0 Å². The van der Waals surface area contributed by atoms with Gasteiger partial charge < -0.3 is 19.3 Å². The summed E-state index contributed by atoms with van der Waals surface area (Å²) < 4.78 is 7.40. The molecule has 1 heterocycles. The number of carbonyl (C=O) groups excluding carboxylic acids is 1. The Hall–Kier alpha value is -3.12. The van der Waals surface area contributed by atoms with Crippen molar-refractivity contribution in [1.82, 2.24) is 9.55 Å². The van der Waals surface area contributed by atoms with Gasteiger partial charge in [-0.05, 0) is 101 Å². The molecule has 0 bridgehead atoms. The van der Waals surface area contributed by atoms with E-state index in [1.165, 1.54) is 0 Å². The van der Waals surface area contributed by atoms with Crippen molar-refractivity contribution >= 4 is 11.6 Å². The van der Waals surface area contributed by atoms with Crippen LogP contribution in [0, 0.1) is 17.8 Å². The van der Waals surface area contributed by atoms with Crippen molar-refractivity contribution in [2.45, 2.75) is 71.3 Å². The molecule has 1 N–H and O–H groups in total. The van der Waals surface area contributed by atoms with Gasteiger partial charge >= 0.3 is 0 Å². The molecule has 2 aliphatic carbocycles. The molecule has 0 aliphatic heterocycles. The van der Waals surface area contributed by atoms with Crippen molar-refractivity contribution in [2.75, 3.05) is 18.6 Å². The molecule has 0 spiro atoms. The molecular weight excluding hydrogens is 486 g/mol. The van der Waals surface area contributed by atoms with Crippen molar-refractivity contribution in [3.05, 3.63) is 72.4 Å². The van der Waals surface area contributed by atoms with E-state index in [2.05, 4.69) is 35.8 Å². The van der Waals surface area contributed by atoms with E-state index in [0.29, 0.717) is 24.7 Å². The van der Waals surface area contributed by atoms with Gasteiger partial charge in [-0.1, -0.05) is 30.4 Å². The van der Waals surface area contributed by atoms with Crippen LogP contribution >= 0.6 is 0 Å². The molecule has 0 saturated heterocycles. The Balaban J connectivity index is 1.47. The van der Waals surface area contributed by atoms with Crippen molar-refractivity contribution in [1.29, 1.82) is 0 Å². The average Bonchev–Trinajstić information content (AvgIpc) is 3.38. The van der Waals surface area contributed by atoms with E-state index < -0.39 is 0 Å². The fourth-order valence-corrected chi connectivity index (χ4v) is 5.99. The maximum absolute atomic E-state index is 13.9. The summed E-state index contributed by atoms with van der Waals surface area (Å²) in [6.45, 7) is 9.18. The summed E-state index contributed by atoms with van der Waals surface area (Å²) in [4.78, 5) is 20.5. The lowest BCUT2D eigenvalue weighted by Gasteiger charge is -2.36. The highest BCUT2D eigenvalue weighted by molar-refractivity contribution is 5.95. The van der Waals surface area contributed by atoms with Gasteiger partial charge in [0.15, 0.2) is 0 Å². The molecule has 6 nitrogen and oxygen atoms in total. The predicted octanol–water partition coefficient (Wildman–Crippen LogP) is 6.83. The second-order valence-corrected chi connectivity index (χ2v) is 11.6. The highest BCUT2D eigenvalue weighted by atomic mass is 16.5. The number of anilines is 1. The number of methoxy groups -OCH3 is 1. The lowest BCUT2D eigenvalue weighted by atomic mass is 9.78. The van der Waals surface area contributed by atoms with E-state index in [1.54, 1.807) is 13.4 Å². The molecule has 1 aromatic carbocycles. The number of carbonyl (C=O) groups is 1. The number of aliphatic hydroxyl groups excluding tert-OH is 1. The minimum Gasteiger partial charge on any atom is -0.497 e.